The lowest BCUT2D eigenvalue weighted by Gasteiger charge is -2.21. The highest BCUT2D eigenvalue weighted by Gasteiger charge is 2.34. The van der Waals surface area contributed by atoms with Crippen LogP contribution in [0.1, 0.15) is 44.2 Å². The van der Waals surface area contributed by atoms with Crippen LogP contribution in [0.15, 0.2) is 36.4 Å². The van der Waals surface area contributed by atoms with Crippen molar-refractivity contribution in [3.8, 4) is 0 Å². The molecule has 2 atom stereocenters. The molecule has 4 rings (SSSR count). The first-order valence-electron chi connectivity index (χ1n) is 11.2. The summed E-state index contributed by atoms with van der Waals surface area (Å²) in [6.07, 6.45) is 7.02. The van der Waals surface area contributed by atoms with E-state index in [4.69, 9.17) is 4.98 Å². The maximum absolute atomic E-state index is 12.7. The molecule has 0 aliphatic carbocycles. The summed E-state index contributed by atoms with van der Waals surface area (Å²) < 4.78 is 0. The molecule has 5 heteroatoms. The van der Waals surface area contributed by atoms with Gasteiger partial charge in [0.05, 0.1) is 11.6 Å². The van der Waals surface area contributed by atoms with Crippen LogP contribution in [0.3, 0.4) is 0 Å². The number of carbonyl (C=O) groups excluding carboxylic acids is 1. The van der Waals surface area contributed by atoms with E-state index >= 15 is 0 Å². The standard InChI is InChI=1S/C24H33N3O2/c28-23-18-27(24(29)10-7-15-26-13-5-1-2-6-14-26)17-20(23)16-21-12-11-19-8-3-4-9-22(19)25-21/h3-4,8-9,11-12,20,23,28H,1-2,5-7,10,13-18H2/t20-,23-/m1/s1. The molecule has 1 aromatic carbocycles. The third-order valence-corrected chi connectivity index (χ3v) is 6.45. The van der Waals surface area contributed by atoms with Gasteiger partial charge in [-0.3, -0.25) is 9.78 Å². The van der Waals surface area contributed by atoms with Crippen molar-refractivity contribution < 1.29 is 9.90 Å². The molecular formula is C24H33N3O2. The lowest BCUT2D eigenvalue weighted by atomic mass is 9.99. The number of para-hydroxylation sites is 1. The van der Waals surface area contributed by atoms with Gasteiger partial charge in [0.1, 0.15) is 0 Å². The second-order valence-corrected chi connectivity index (χ2v) is 8.68. The Hall–Kier alpha value is -1.98. The average Bonchev–Trinajstić information content (AvgIpc) is 2.92. The zero-order valence-electron chi connectivity index (χ0n) is 17.3. The van der Waals surface area contributed by atoms with Gasteiger partial charge in [-0.2, -0.15) is 0 Å². The molecule has 3 heterocycles. The number of pyridine rings is 1. The van der Waals surface area contributed by atoms with Crippen molar-refractivity contribution >= 4 is 16.8 Å². The number of likely N-dealkylation sites (tertiary alicyclic amines) is 2. The first kappa shape index (κ1) is 20.3. The van der Waals surface area contributed by atoms with Crippen molar-refractivity contribution in [3.05, 3.63) is 42.1 Å². The summed E-state index contributed by atoms with van der Waals surface area (Å²) in [7, 11) is 0. The van der Waals surface area contributed by atoms with E-state index in [1.54, 1.807) is 0 Å². The fraction of sp³-hybridized carbons (Fsp3) is 0.583. The van der Waals surface area contributed by atoms with E-state index in [9.17, 15) is 9.90 Å². The molecule has 2 fully saturated rings. The number of aliphatic hydroxyl groups excluding tert-OH is 1. The number of hydrogen-bond acceptors (Lipinski definition) is 4. The van der Waals surface area contributed by atoms with E-state index in [-0.39, 0.29) is 11.8 Å². The number of carbonyl (C=O) groups is 1. The molecule has 0 radical (unpaired) electrons. The van der Waals surface area contributed by atoms with E-state index < -0.39 is 6.10 Å². The van der Waals surface area contributed by atoms with Gasteiger partial charge >= 0.3 is 0 Å². The molecule has 2 aliphatic rings. The lowest BCUT2D eigenvalue weighted by Crippen LogP contribution is -2.31. The van der Waals surface area contributed by atoms with Crippen LogP contribution in [-0.2, 0) is 11.2 Å². The normalized spacial score (nSPS) is 23.4. The van der Waals surface area contributed by atoms with Crippen LogP contribution in [0.5, 0.6) is 0 Å². The molecule has 2 aliphatic heterocycles. The molecule has 2 aromatic rings. The Balaban J connectivity index is 1.26. The van der Waals surface area contributed by atoms with Gasteiger partial charge < -0.3 is 14.9 Å². The zero-order chi connectivity index (χ0) is 20.1. The highest BCUT2D eigenvalue weighted by Crippen LogP contribution is 2.23. The minimum absolute atomic E-state index is 0.0678. The highest BCUT2D eigenvalue weighted by molar-refractivity contribution is 5.78. The summed E-state index contributed by atoms with van der Waals surface area (Å²) in [5.41, 5.74) is 1.97. The Morgan fingerprint density at radius 2 is 1.83 bits per heavy atom. The Kier molecular flexibility index (Phi) is 6.78. The fourth-order valence-corrected chi connectivity index (χ4v) is 4.72. The number of aliphatic hydroxyl groups is 1. The summed E-state index contributed by atoms with van der Waals surface area (Å²) in [5.74, 6) is 0.256. The Morgan fingerprint density at radius 1 is 1.03 bits per heavy atom. The van der Waals surface area contributed by atoms with Crippen molar-refractivity contribution in [2.45, 2.75) is 51.0 Å². The van der Waals surface area contributed by atoms with Crippen LogP contribution in [0.25, 0.3) is 10.9 Å². The molecule has 0 bridgehead atoms. The van der Waals surface area contributed by atoms with Crippen LogP contribution in [0, 0.1) is 5.92 Å². The largest absolute Gasteiger partial charge is 0.391 e. The predicted octanol–water partition coefficient (Wildman–Crippen LogP) is 3.25. The van der Waals surface area contributed by atoms with Crippen LogP contribution in [-0.4, -0.2) is 64.6 Å². The molecule has 0 unspecified atom stereocenters. The molecule has 1 amide bonds. The van der Waals surface area contributed by atoms with Gasteiger partial charge in [-0.25, -0.2) is 0 Å². The Morgan fingerprint density at radius 3 is 2.66 bits per heavy atom. The van der Waals surface area contributed by atoms with Gasteiger partial charge in [0, 0.05) is 36.5 Å². The monoisotopic (exact) mass is 395 g/mol. The van der Waals surface area contributed by atoms with Gasteiger partial charge in [-0.05, 0) is 57.5 Å². The minimum atomic E-state index is -0.460. The quantitative estimate of drug-likeness (QED) is 0.816. The first-order chi connectivity index (χ1) is 14.2. The SMILES string of the molecule is O=C(CCCN1CCCCCC1)N1C[C@@H](Cc2ccc3ccccc3n2)[C@H](O)C1. The number of fused-ring (bicyclic) bond motifs is 1. The van der Waals surface area contributed by atoms with Crippen molar-refractivity contribution in [2.24, 2.45) is 5.92 Å². The number of nitrogens with zero attached hydrogens (tertiary/aromatic N) is 3. The summed E-state index contributed by atoms with van der Waals surface area (Å²) >= 11 is 0. The predicted molar refractivity (Wildman–Crippen MR) is 116 cm³/mol. The van der Waals surface area contributed by atoms with Gasteiger partial charge in [0.15, 0.2) is 0 Å². The van der Waals surface area contributed by atoms with Gasteiger partial charge in [-0.15, -0.1) is 0 Å². The summed E-state index contributed by atoms with van der Waals surface area (Å²) in [6, 6.07) is 12.2. The zero-order valence-corrected chi connectivity index (χ0v) is 17.3. The van der Waals surface area contributed by atoms with Gasteiger partial charge in [-0.1, -0.05) is 37.1 Å². The van der Waals surface area contributed by atoms with E-state index in [0.29, 0.717) is 25.9 Å². The third kappa shape index (κ3) is 5.34. The van der Waals surface area contributed by atoms with Crippen molar-refractivity contribution in [1.82, 2.24) is 14.8 Å². The number of hydrogen-bond donors (Lipinski definition) is 1. The Labute approximate surface area is 173 Å². The van der Waals surface area contributed by atoms with Crippen LogP contribution in [0.4, 0.5) is 0 Å². The minimum Gasteiger partial charge on any atom is -0.391 e. The number of amides is 1. The van der Waals surface area contributed by atoms with Crippen molar-refractivity contribution in [1.29, 1.82) is 0 Å². The first-order valence-corrected chi connectivity index (χ1v) is 11.2. The maximum Gasteiger partial charge on any atom is 0.222 e. The van der Waals surface area contributed by atoms with E-state index in [0.717, 1.165) is 29.6 Å². The highest BCUT2D eigenvalue weighted by atomic mass is 16.3. The van der Waals surface area contributed by atoms with Gasteiger partial charge in [0.2, 0.25) is 5.91 Å². The molecule has 1 N–H and O–H groups in total. The molecule has 0 saturated carbocycles. The topological polar surface area (TPSA) is 56.7 Å². The molecular weight excluding hydrogens is 362 g/mol. The van der Waals surface area contributed by atoms with Crippen LogP contribution < -0.4 is 0 Å². The third-order valence-electron chi connectivity index (χ3n) is 6.45. The molecule has 0 spiro atoms. The molecule has 1 aromatic heterocycles. The average molecular weight is 396 g/mol. The van der Waals surface area contributed by atoms with Crippen LogP contribution >= 0.6 is 0 Å². The smallest absolute Gasteiger partial charge is 0.222 e. The summed E-state index contributed by atoms with van der Waals surface area (Å²) in [5, 5.41) is 11.6. The second kappa shape index (κ2) is 9.68. The van der Waals surface area contributed by atoms with Crippen LogP contribution in [0.2, 0.25) is 0 Å². The maximum atomic E-state index is 12.7. The molecule has 29 heavy (non-hydrogen) atoms. The molecule has 156 valence electrons. The fourth-order valence-electron chi connectivity index (χ4n) is 4.72. The summed E-state index contributed by atoms with van der Waals surface area (Å²) in [6.45, 7) is 4.47. The number of β-amino-alcohol motifs (C(OH)–C–C–N with tert-alkyl or cyclic N) is 1. The number of benzene rings is 1. The second-order valence-electron chi connectivity index (χ2n) is 8.68. The van der Waals surface area contributed by atoms with Crippen molar-refractivity contribution in [3.63, 3.8) is 0 Å². The molecule has 2 saturated heterocycles. The van der Waals surface area contributed by atoms with E-state index in [1.807, 2.05) is 29.2 Å². The summed E-state index contributed by atoms with van der Waals surface area (Å²) in [4.78, 5) is 21.8. The Bertz CT molecular complexity index is 817. The van der Waals surface area contributed by atoms with Crippen molar-refractivity contribution in [2.75, 3.05) is 32.7 Å². The lowest BCUT2D eigenvalue weighted by molar-refractivity contribution is -0.130. The molecule has 5 nitrogen and oxygen atoms in total. The van der Waals surface area contributed by atoms with E-state index in [2.05, 4.69) is 17.0 Å². The number of aromatic nitrogens is 1. The van der Waals surface area contributed by atoms with E-state index in [1.165, 1.54) is 38.8 Å². The van der Waals surface area contributed by atoms with Gasteiger partial charge in [0.25, 0.3) is 0 Å². The number of rotatable bonds is 6.